The number of ether oxygens (including phenoxy) is 4. The number of benzene rings is 2. The SMILES string of the molecule is C=CCCCCN(C)C(=O)N1C[C@@H](OC(=O)c2ccc([N+](=O)[O-])cc2)C[C@H]1C(=O)C[C@]1(C(=O)OCC)C[C@H]1C=C.CCOC(=O)[C@]12CC(=O)[C@@H]3C[C@H](OC(=O)c4ccc([N+](=O)[O-])cc4)CN3C(=O)N(C)CCCC/C=C\[C@@H]1C2. The molecule has 22 nitrogen and oxygen atoms in total. The second-order valence-corrected chi connectivity index (χ2v) is 20.5. The molecule has 78 heavy (non-hydrogen) atoms. The molecule has 2 saturated carbocycles. The lowest BCUT2D eigenvalue weighted by Gasteiger charge is -2.29. The Morgan fingerprint density at radius 1 is 0.808 bits per heavy atom. The fourth-order valence-corrected chi connectivity index (χ4v) is 10.5. The van der Waals surface area contributed by atoms with Crippen molar-refractivity contribution in [1.82, 2.24) is 19.6 Å². The van der Waals surface area contributed by atoms with Gasteiger partial charge in [0.2, 0.25) is 0 Å². The Labute approximate surface area is 453 Å². The van der Waals surface area contributed by atoms with Crippen LogP contribution in [0.5, 0.6) is 0 Å². The van der Waals surface area contributed by atoms with Gasteiger partial charge < -0.3 is 38.5 Å². The van der Waals surface area contributed by atoms with Crippen LogP contribution >= 0.6 is 0 Å². The van der Waals surface area contributed by atoms with Gasteiger partial charge in [-0.1, -0.05) is 24.3 Å². The highest BCUT2D eigenvalue weighted by Gasteiger charge is 2.63. The van der Waals surface area contributed by atoms with Crippen molar-refractivity contribution in [3.8, 4) is 0 Å². The quantitative estimate of drug-likeness (QED) is 0.0324. The van der Waals surface area contributed by atoms with E-state index in [2.05, 4.69) is 13.2 Å². The molecule has 8 atom stereocenters. The van der Waals surface area contributed by atoms with Crippen LogP contribution in [0.15, 0.2) is 86.0 Å². The number of hydrogen-bond acceptors (Lipinski definition) is 16. The number of nitro benzene ring substituents is 2. The standard InChI is InChI=1S/C29H37N3O8.C27H33N3O8/c1-5-8-9-10-15-30(4)28(36)31-19-23(40-26(34)20-11-13-22(14-12-20)32(37)38)16-24(31)25(33)18-29(17-21(29)6-2)27(35)39-7-3;1-3-37-25(33)27-15-19(27)8-6-4-5-7-13-28(2)26(34)29-17-21(14-22(29)23(31)16-27)38-24(32)18-9-11-20(12-10-18)30(35)36/h5-6,11-14,21,23-24H,1-2,7-10,15-19H2,3-4H3;6,8-12,19,21-22H,3-5,7,13-17H2,1-2H3/b;8-6-/t21-,23+,24+,29-;19-,21+,22+,27-/m11/s1. The summed E-state index contributed by atoms with van der Waals surface area (Å²) < 4.78 is 21.8. The van der Waals surface area contributed by atoms with Crippen LogP contribution in [0, 0.1) is 42.9 Å². The number of amides is 4. The molecule has 0 bridgehead atoms. The number of Topliss-reactive ketones (excluding diaryl/α,β-unsaturated/α-hetero) is 2. The molecular formula is C56H70N6O16. The molecule has 3 heterocycles. The largest absolute Gasteiger partial charge is 0.466 e. The van der Waals surface area contributed by atoms with Gasteiger partial charge >= 0.3 is 35.9 Å². The topological polar surface area (TPSA) is 273 Å². The first kappa shape index (κ1) is 59.5. The zero-order chi connectivity index (χ0) is 56.9. The van der Waals surface area contributed by atoms with Crippen molar-refractivity contribution in [2.75, 3.05) is 53.5 Å². The van der Waals surface area contributed by atoms with Gasteiger partial charge in [0.25, 0.3) is 11.4 Å². The van der Waals surface area contributed by atoms with Crippen LogP contribution in [-0.4, -0.2) is 155 Å². The molecule has 420 valence electrons. The number of hydrogen-bond donors (Lipinski definition) is 0. The number of fused-ring (bicyclic) bond motifs is 2. The lowest BCUT2D eigenvalue weighted by Crippen LogP contribution is -2.48. The van der Waals surface area contributed by atoms with E-state index in [-0.39, 0.29) is 110 Å². The van der Waals surface area contributed by atoms with Gasteiger partial charge in [-0.25, -0.2) is 19.2 Å². The van der Waals surface area contributed by atoms with Gasteiger partial charge in [0.15, 0.2) is 11.6 Å². The van der Waals surface area contributed by atoms with Crippen LogP contribution in [0.3, 0.4) is 0 Å². The molecule has 2 saturated heterocycles. The molecule has 7 rings (SSSR count). The van der Waals surface area contributed by atoms with Crippen molar-refractivity contribution in [2.24, 2.45) is 22.7 Å². The zero-order valence-corrected chi connectivity index (χ0v) is 44.7. The molecule has 0 N–H and O–H groups in total. The van der Waals surface area contributed by atoms with Crippen LogP contribution < -0.4 is 0 Å². The molecule has 0 spiro atoms. The van der Waals surface area contributed by atoms with Crippen molar-refractivity contribution >= 4 is 58.9 Å². The highest BCUT2D eigenvalue weighted by atomic mass is 16.6. The van der Waals surface area contributed by atoms with Gasteiger partial charge in [-0.05, 0) is 101 Å². The molecular weight excluding hydrogens is 1010 g/mol. The van der Waals surface area contributed by atoms with Gasteiger partial charge in [0.1, 0.15) is 12.2 Å². The molecule has 2 aliphatic carbocycles. The molecule has 5 aliphatic rings. The highest BCUT2D eigenvalue weighted by Crippen LogP contribution is 2.58. The van der Waals surface area contributed by atoms with E-state index in [4.69, 9.17) is 18.9 Å². The van der Waals surface area contributed by atoms with E-state index in [1.807, 2.05) is 18.2 Å². The number of non-ortho nitro benzene ring substituents is 2. The Balaban J connectivity index is 0.000000253. The van der Waals surface area contributed by atoms with E-state index in [1.165, 1.54) is 63.2 Å². The van der Waals surface area contributed by atoms with E-state index in [0.29, 0.717) is 25.9 Å². The molecule has 0 unspecified atom stereocenters. The Morgan fingerprint density at radius 2 is 1.40 bits per heavy atom. The Hall–Kier alpha value is -7.78. The molecule has 0 radical (unpaired) electrons. The maximum atomic E-state index is 13.6. The van der Waals surface area contributed by atoms with Crippen LogP contribution in [-0.2, 0) is 38.1 Å². The number of unbranched alkanes of at least 4 members (excludes halogenated alkanes) is 2. The first-order chi connectivity index (χ1) is 37.2. The number of urea groups is 2. The summed E-state index contributed by atoms with van der Waals surface area (Å²) in [6.45, 7) is 12.3. The number of nitrogens with zero attached hydrogens (tertiary/aromatic N) is 6. The van der Waals surface area contributed by atoms with Crippen molar-refractivity contribution < 1.29 is 67.2 Å². The number of likely N-dealkylation sites (tertiary alicyclic amines) is 1. The van der Waals surface area contributed by atoms with Crippen molar-refractivity contribution in [2.45, 2.75) is 115 Å². The van der Waals surface area contributed by atoms with Crippen LogP contribution in [0.25, 0.3) is 0 Å². The van der Waals surface area contributed by atoms with Gasteiger partial charge in [-0.15, -0.1) is 13.2 Å². The van der Waals surface area contributed by atoms with Crippen molar-refractivity contribution in [3.63, 3.8) is 0 Å². The average molecular weight is 1080 g/mol. The minimum atomic E-state index is -0.992. The van der Waals surface area contributed by atoms with Gasteiger partial charge in [0.05, 0.1) is 70.2 Å². The van der Waals surface area contributed by atoms with E-state index in [1.54, 1.807) is 38.9 Å². The number of ketones is 2. The Bertz CT molecular complexity index is 2640. The number of allylic oxidation sites excluding steroid dienone is 4. The van der Waals surface area contributed by atoms with Gasteiger partial charge in [-0.2, -0.15) is 0 Å². The minimum Gasteiger partial charge on any atom is -0.466 e. The number of carbonyl (C=O) groups is 8. The minimum absolute atomic E-state index is 0.00223. The summed E-state index contributed by atoms with van der Waals surface area (Å²) in [6, 6.07) is 7.59. The second kappa shape index (κ2) is 26.5. The second-order valence-electron chi connectivity index (χ2n) is 20.5. The van der Waals surface area contributed by atoms with Gasteiger partial charge in [0, 0.05) is 77.1 Å². The summed E-state index contributed by atoms with van der Waals surface area (Å²) in [5, 5.41) is 21.8. The van der Waals surface area contributed by atoms with Gasteiger partial charge in [-0.3, -0.25) is 39.4 Å². The fraction of sp³-hybridized carbons (Fsp3) is 0.536. The fourth-order valence-electron chi connectivity index (χ4n) is 10.5. The maximum Gasteiger partial charge on any atom is 0.338 e. The lowest BCUT2D eigenvalue weighted by atomic mass is 9.92. The summed E-state index contributed by atoms with van der Waals surface area (Å²) in [7, 11) is 3.33. The van der Waals surface area contributed by atoms with Crippen molar-refractivity contribution in [1.29, 1.82) is 0 Å². The molecule has 22 heteroatoms. The molecule has 0 aromatic heterocycles. The van der Waals surface area contributed by atoms with E-state index >= 15 is 0 Å². The predicted molar refractivity (Wildman–Crippen MR) is 282 cm³/mol. The van der Waals surface area contributed by atoms with Crippen LogP contribution in [0.4, 0.5) is 21.0 Å². The Morgan fingerprint density at radius 3 is 1.95 bits per heavy atom. The third-order valence-electron chi connectivity index (χ3n) is 15.1. The summed E-state index contributed by atoms with van der Waals surface area (Å²) >= 11 is 0. The summed E-state index contributed by atoms with van der Waals surface area (Å²) in [6.07, 6.45) is 11.9. The first-order valence-electron chi connectivity index (χ1n) is 26.5. The van der Waals surface area contributed by atoms with Crippen molar-refractivity contribution in [3.05, 3.63) is 117 Å². The number of rotatable bonds is 19. The summed E-state index contributed by atoms with van der Waals surface area (Å²) in [5.74, 6) is -3.10. The number of nitro groups is 2. The van der Waals surface area contributed by atoms with Crippen LogP contribution in [0.2, 0.25) is 0 Å². The van der Waals surface area contributed by atoms with Crippen LogP contribution in [0.1, 0.15) is 112 Å². The van der Waals surface area contributed by atoms with E-state index in [9.17, 15) is 58.6 Å². The zero-order valence-electron chi connectivity index (χ0n) is 44.7. The monoisotopic (exact) mass is 1080 g/mol. The summed E-state index contributed by atoms with van der Waals surface area (Å²) in [5.41, 5.74) is -1.99. The predicted octanol–water partition coefficient (Wildman–Crippen LogP) is 7.83. The molecule has 2 aromatic carbocycles. The number of esters is 4. The lowest BCUT2D eigenvalue weighted by molar-refractivity contribution is -0.385. The first-order valence-corrected chi connectivity index (χ1v) is 26.5. The third kappa shape index (κ3) is 14.2. The van der Waals surface area contributed by atoms with E-state index in [0.717, 1.165) is 38.5 Å². The molecule has 4 fully saturated rings. The van der Waals surface area contributed by atoms with E-state index < -0.39 is 68.8 Å². The molecule has 3 aliphatic heterocycles. The average Bonchev–Trinajstić information content (AvgIpc) is 4.38. The molecule has 4 amide bonds. The third-order valence-corrected chi connectivity index (χ3v) is 15.1. The normalized spacial score (nSPS) is 25.8. The highest BCUT2D eigenvalue weighted by molar-refractivity contribution is 5.96. The Kier molecular flexibility index (Phi) is 20.2. The summed E-state index contributed by atoms with van der Waals surface area (Å²) in [4.78, 5) is 132. The number of carbonyl (C=O) groups excluding carboxylic acids is 8. The smallest absolute Gasteiger partial charge is 0.338 e. The molecule has 2 aromatic rings. The maximum absolute atomic E-state index is 13.6.